The number of aromatic carboxylic acids is 1. The predicted octanol–water partition coefficient (Wildman–Crippen LogP) is 1.79. The Bertz CT molecular complexity index is 467. The molecule has 0 atom stereocenters. The Morgan fingerprint density at radius 2 is 2.06 bits per heavy atom. The monoisotopic (exact) mass is 248 g/mol. The summed E-state index contributed by atoms with van der Waals surface area (Å²) in [5.74, 6) is -1.25. The zero-order chi connectivity index (χ0) is 13.1. The summed E-state index contributed by atoms with van der Waals surface area (Å²) in [6, 6.07) is 3.16. The molecule has 1 aliphatic rings. The lowest BCUT2D eigenvalue weighted by atomic mass is 10.1. The van der Waals surface area contributed by atoms with Crippen LogP contribution in [-0.4, -0.2) is 40.0 Å². The molecule has 5 nitrogen and oxygen atoms in total. The fourth-order valence-corrected chi connectivity index (χ4v) is 2.34. The van der Waals surface area contributed by atoms with Crippen molar-refractivity contribution in [3.8, 4) is 0 Å². The van der Waals surface area contributed by atoms with E-state index >= 15 is 0 Å². The van der Waals surface area contributed by atoms with Crippen LogP contribution < -0.4 is 0 Å². The van der Waals surface area contributed by atoms with Gasteiger partial charge in [-0.25, -0.2) is 9.78 Å². The van der Waals surface area contributed by atoms with Crippen LogP contribution in [0.15, 0.2) is 18.3 Å². The van der Waals surface area contributed by atoms with Crippen molar-refractivity contribution < 1.29 is 14.7 Å². The molecule has 0 aromatic carbocycles. The van der Waals surface area contributed by atoms with Gasteiger partial charge >= 0.3 is 5.97 Å². The van der Waals surface area contributed by atoms with Crippen molar-refractivity contribution in [3.63, 3.8) is 0 Å². The van der Waals surface area contributed by atoms with Crippen molar-refractivity contribution in [1.82, 2.24) is 9.88 Å². The van der Waals surface area contributed by atoms with Crippen molar-refractivity contribution >= 4 is 11.9 Å². The molecule has 0 aliphatic heterocycles. The van der Waals surface area contributed by atoms with Crippen LogP contribution in [0.4, 0.5) is 0 Å². The van der Waals surface area contributed by atoms with E-state index in [1.807, 2.05) is 0 Å². The highest BCUT2D eigenvalue weighted by molar-refractivity contribution is 5.96. The van der Waals surface area contributed by atoms with Gasteiger partial charge in [0.1, 0.15) is 5.69 Å². The number of hydrogen-bond acceptors (Lipinski definition) is 3. The molecule has 2 rings (SSSR count). The Morgan fingerprint density at radius 3 is 2.67 bits per heavy atom. The van der Waals surface area contributed by atoms with Gasteiger partial charge in [0.2, 0.25) is 0 Å². The average molecular weight is 248 g/mol. The Hall–Kier alpha value is -1.91. The molecule has 0 bridgehead atoms. The van der Waals surface area contributed by atoms with Gasteiger partial charge < -0.3 is 10.0 Å². The van der Waals surface area contributed by atoms with E-state index in [9.17, 15) is 9.59 Å². The molecule has 1 aromatic heterocycles. The summed E-state index contributed by atoms with van der Waals surface area (Å²) in [5.41, 5.74) is 0.289. The first-order valence-electron chi connectivity index (χ1n) is 6.06. The lowest BCUT2D eigenvalue weighted by Gasteiger charge is -2.24. The van der Waals surface area contributed by atoms with Crippen LogP contribution >= 0.6 is 0 Å². The number of carbonyl (C=O) groups excluding carboxylic acids is 1. The second-order valence-corrected chi connectivity index (χ2v) is 4.59. The smallest absolute Gasteiger partial charge is 0.354 e. The summed E-state index contributed by atoms with van der Waals surface area (Å²) in [6.07, 6.45) is 5.72. The largest absolute Gasteiger partial charge is 0.477 e. The molecule has 1 amide bonds. The summed E-state index contributed by atoms with van der Waals surface area (Å²) in [7, 11) is 1.78. The summed E-state index contributed by atoms with van der Waals surface area (Å²) in [6.45, 7) is 0. The second kappa shape index (κ2) is 5.16. The number of carboxylic acids is 1. The van der Waals surface area contributed by atoms with Crippen LogP contribution in [0.3, 0.4) is 0 Å². The van der Waals surface area contributed by atoms with Crippen LogP contribution in [-0.2, 0) is 0 Å². The van der Waals surface area contributed by atoms with Crippen molar-refractivity contribution in [2.45, 2.75) is 31.7 Å². The van der Waals surface area contributed by atoms with Gasteiger partial charge in [-0.3, -0.25) is 4.79 Å². The quantitative estimate of drug-likeness (QED) is 0.885. The molecule has 5 heteroatoms. The fraction of sp³-hybridized carbons (Fsp3) is 0.462. The van der Waals surface area contributed by atoms with Gasteiger partial charge in [-0.1, -0.05) is 12.8 Å². The number of carboxylic acid groups (broad SMARTS) is 1. The summed E-state index contributed by atoms with van der Waals surface area (Å²) < 4.78 is 0. The molecule has 1 aromatic rings. The summed E-state index contributed by atoms with van der Waals surface area (Å²) in [5, 5.41) is 8.85. The van der Waals surface area contributed by atoms with Crippen molar-refractivity contribution in [1.29, 1.82) is 0 Å². The molecule has 1 heterocycles. The third-order valence-corrected chi connectivity index (χ3v) is 3.42. The molecule has 0 spiro atoms. The minimum Gasteiger partial charge on any atom is -0.477 e. The number of aromatic nitrogens is 1. The van der Waals surface area contributed by atoms with E-state index in [-0.39, 0.29) is 17.6 Å². The standard InChI is InChI=1S/C13H16N2O3/c1-15(10-4-2-3-5-10)12(16)9-6-7-14-11(8-9)13(17)18/h6-8,10H,2-5H2,1H3,(H,17,18). The molecule has 96 valence electrons. The highest BCUT2D eigenvalue weighted by Gasteiger charge is 2.24. The van der Waals surface area contributed by atoms with Crippen LogP contribution in [0.1, 0.15) is 46.5 Å². The maximum atomic E-state index is 12.2. The molecule has 1 fully saturated rings. The van der Waals surface area contributed by atoms with Gasteiger partial charge in [0, 0.05) is 24.8 Å². The first kappa shape index (κ1) is 12.5. The summed E-state index contributed by atoms with van der Waals surface area (Å²) >= 11 is 0. The molecule has 1 N–H and O–H groups in total. The first-order chi connectivity index (χ1) is 8.59. The molecule has 0 radical (unpaired) electrons. The van der Waals surface area contributed by atoms with E-state index in [4.69, 9.17) is 5.11 Å². The van der Waals surface area contributed by atoms with Gasteiger partial charge in [-0.05, 0) is 25.0 Å². The van der Waals surface area contributed by atoms with Crippen molar-refractivity contribution in [3.05, 3.63) is 29.6 Å². The SMILES string of the molecule is CN(C(=O)c1ccnc(C(=O)O)c1)C1CCCC1. The third-order valence-electron chi connectivity index (χ3n) is 3.42. The fourth-order valence-electron chi connectivity index (χ4n) is 2.34. The van der Waals surface area contributed by atoms with Gasteiger partial charge in [-0.2, -0.15) is 0 Å². The van der Waals surface area contributed by atoms with Crippen LogP contribution in [0.2, 0.25) is 0 Å². The first-order valence-corrected chi connectivity index (χ1v) is 6.06. The second-order valence-electron chi connectivity index (χ2n) is 4.59. The highest BCUT2D eigenvalue weighted by atomic mass is 16.4. The van der Waals surface area contributed by atoms with Gasteiger partial charge in [0.25, 0.3) is 5.91 Å². The van der Waals surface area contributed by atoms with E-state index in [2.05, 4.69) is 4.98 Å². The van der Waals surface area contributed by atoms with Gasteiger partial charge in [-0.15, -0.1) is 0 Å². The number of amides is 1. The number of rotatable bonds is 3. The molecule has 18 heavy (non-hydrogen) atoms. The Morgan fingerprint density at radius 1 is 1.39 bits per heavy atom. The van der Waals surface area contributed by atoms with E-state index in [0.717, 1.165) is 25.7 Å². The minimum atomic E-state index is -1.12. The lowest BCUT2D eigenvalue weighted by molar-refractivity contribution is 0.0690. The van der Waals surface area contributed by atoms with E-state index in [0.29, 0.717) is 5.56 Å². The van der Waals surface area contributed by atoms with Crippen LogP contribution in [0.5, 0.6) is 0 Å². The molecule has 0 saturated heterocycles. The molecule has 1 aliphatic carbocycles. The van der Waals surface area contributed by atoms with E-state index < -0.39 is 5.97 Å². The molecule has 1 saturated carbocycles. The summed E-state index contributed by atoms with van der Waals surface area (Å²) in [4.78, 5) is 28.5. The number of hydrogen-bond donors (Lipinski definition) is 1. The minimum absolute atomic E-state index is 0.0966. The molecular weight excluding hydrogens is 232 g/mol. The average Bonchev–Trinajstić information content (AvgIpc) is 2.91. The maximum absolute atomic E-state index is 12.2. The predicted molar refractivity (Wildman–Crippen MR) is 65.5 cm³/mol. The number of carbonyl (C=O) groups is 2. The van der Waals surface area contributed by atoms with Gasteiger partial charge in [0.15, 0.2) is 0 Å². The maximum Gasteiger partial charge on any atom is 0.354 e. The Balaban J connectivity index is 2.17. The molecular formula is C13H16N2O3. The van der Waals surface area contributed by atoms with Crippen molar-refractivity contribution in [2.75, 3.05) is 7.05 Å². The number of pyridine rings is 1. The lowest BCUT2D eigenvalue weighted by Crippen LogP contribution is -2.35. The normalized spacial score (nSPS) is 15.6. The van der Waals surface area contributed by atoms with E-state index in [1.165, 1.54) is 12.3 Å². The Kier molecular flexibility index (Phi) is 3.60. The van der Waals surface area contributed by atoms with Crippen LogP contribution in [0.25, 0.3) is 0 Å². The number of nitrogens with zero attached hydrogens (tertiary/aromatic N) is 2. The highest BCUT2D eigenvalue weighted by Crippen LogP contribution is 2.23. The zero-order valence-corrected chi connectivity index (χ0v) is 10.3. The third kappa shape index (κ3) is 2.50. The van der Waals surface area contributed by atoms with Gasteiger partial charge in [0.05, 0.1) is 0 Å². The molecule has 0 unspecified atom stereocenters. The Labute approximate surface area is 105 Å². The zero-order valence-electron chi connectivity index (χ0n) is 10.3. The van der Waals surface area contributed by atoms with Crippen molar-refractivity contribution in [2.24, 2.45) is 0 Å². The topological polar surface area (TPSA) is 70.5 Å². The van der Waals surface area contributed by atoms with E-state index in [1.54, 1.807) is 18.0 Å². The van der Waals surface area contributed by atoms with Crippen LogP contribution in [0, 0.1) is 0 Å².